The van der Waals surface area contributed by atoms with Gasteiger partial charge >= 0.3 is 5.97 Å². The molecular weight excluding hydrogens is 316 g/mol. The van der Waals surface area contributed by atoms with E-state index in [1.807, 2.05) is 6.92 Å². The highest BCUT2D eigenvalue weighted by atomic mass is 16.6. The van der Waals surface area contributed by atoms with E-state index in [-0.39, 0.29) is 28.8 Å². The summed E-state index contributed by atoms with van der Waals surface area (Å²) in [7, 11) is 1.18. The van der Waals surface area contributed by atoms with Crippen molar-refractivity contribution in [2.24, 2.45) is 0 Å². The monoisotopic (exact) mass is 336 g/mol. The van der Waals surface area contributed by atoms with Crippen LogP contribution in [0.25, 0.3) is 0 Å². The first-order valence-electron chi connectivity index (χ1n) is 7.75. The maximum Gasteiger partial charge on any atom is 0.338 e. The Kier molecular flexibility index (Phi) is 5.86. The predicted molar refractivity (Wildman–Crippen MR) is 85.0 cm³/mol. The summed E-state index contributed by atoms with van der Waals surface area (Å²) in [6.45, 7) is 3.45. The van der Waals surface area contributed by atoms with Gasteiger partial charge in [0.2, 0.25) is 0 Å². The summed E-state index contributed by atoms with van der Waals surface area (Å²) in [5, 5.41) is 11.1. The molecule has 2 rings (SSSR count). The van der Waals surface area contributed by atoms with Gasteiger partial charge in [-0.2, -0.15) is 0 Å². The summed E-state index contributed by atoms with van der Waals surface area (Å²) in [5.74, 6) is -1.08. The fourth-order valence-electron chi connectivity index (χ4n) is 2.75. The topological polar surface area (TPSA) is 99.0 Å². The smallest absolute Gasteiger partial charge is 0.338 e. The Balaban J connectivity index is 2.29. The van der Waals surface area contributed by atoms with Crippen molar-refractivity contribution in [3.63, 3.8) is 0 Å². The number of carbonyl (C=O) groups is 2. The summed E-state index contributed by atoms with van der Waals surface area (Å²) < 4.78 is 10.2. The minimum Gasteiger partial charge on any atom is -0.465 e. The number of nitro benzene ring substituents is 1. The van der Waals surface area contributed by atoms with E-state index in [1.54, 1.807) is 4.90 Å². The van der Waals surface area contributed by atoms with Gasteiger partial charge in [-0.3, -0.25) is 14.9 Å². The lowest BCUT2D eigenvalue weighted by Crippen LogP contribution is -2.43. The number of methoxy groups -OCH3 is 1. The number of benzene rings is 1. The average Bonchev–Trinajstić information content (AvgIpc) is 2.60. The van der Waals surface area contributed by atoms with E-state index in [2.05, 4.69) is 4.74 Å². The third kappa shape index (κ3) is 4.08. The predicted octanol–water partition coefficient (Wildman–Crippen LogP) is 2.02. The third-order valence-electron chi connectivity index (χ3n) is 3.86. The van der Waals surface area contributed by atoms with E-state index in [9.17, 15) is 19.7 Å². The largest absolute Gasteiger partial charge is 0.465 e. The Labute approximate surface area is 139 Å². The van der Waals surface area contributed by atoms with Gasteiger partial charge in [-0.1, -0.05) is 0 Å². The number of hydrogen-bond donors (Lipinski definition) is 0. The molecule has 0 N–H and O–H groups in total. The summed E-state index contributed by atoms with van der Waals surface area (Å²) in [5.41, 5.74) is -0.241. The zero-order valence-electron chi connectivity index (χ0n) is 13.7. The van der Waals surface area contributed by atoms with E-state index < -0.39 is 10.9 Å². The molecule has 0 aliphatic carbocycles. The van der Waals surface area contributed by atoms with Crippen LogP contribution >= 0.6 is 0 Å². The van der Waals surface area contributed by atoms with E-state index in [1.165, 1.54) is 19.2 Å². The molecule has 8 heteroatoms. The Morgan fingerprint density at radius 2 is 2.04 bits per heavy atom. The van der Waals surface area contributed by atoms with E-state index in [4.69, 9.17) is 4.74 Å². The fourth-order valence-corrected chi connectivity index (χ4v) is 2.75. The molecule has 0 bridgehead atoms. The molecule has 0 spiro atoms. The quantitative estimate of drug-likeness (QED) is 0.463. The van der Waals surface area contributed by atoms with Crippen molar-refractivity contribution in [3.05, 3.63) is 39.4 Å². The third-order valence-corrected chi connectivity index (χ3v) is 3.86. The number of esters is 1. The van der Waals surface area contributed by atoms with Gasteiger partial charge in [0.15, 0.2) is 0 Å². The van der Waals surface area contributed by atoms with Gasteiger partial charge in [0.1, 0.15) is 0 Å². The molecule has 0 radical (unpaired) electrons. The zero-order valence-corrected chi connectivity index (χ0v) is 13.7. The Morgan fingerprint density at radius 3 is 2.67 bits per heavy atom. The molecule has 1 aliphatic rings. The van der Waals surface area contributed by atoms with Crippen molar-refractivity contribution < 1.29 is 24.0 Å². The highest BCUT2D eigenvalue weighted by Gasteiger charge is 2.27. The summed E-state index contributed by atoms with van der Waals surface area (Å²) in [6, 6.07) is 3.60. The lowest BCUT2D eigenvalue weighted by molar-refractivity contribution is -0.384. The molecule has 0 aromatic heterocycles. The Morgan fingerprint density at radius 1 is 1.33 bits per heavy atom. The standard InChI is InChI=1S/C16H20N2O6/c1-3-24-14-5-4-6-17(10-14)15(19)11-7-12(16(20)23-2)9-13(8-11)18(21)22/h7-9,14H,3-6,10H2,1-2H3. The fraction of sp³-hybridized carbons (Fsp3) is 0.500. The van der Waals surface area contributed by atoms with Gasteiger partial charge in [-0.05, 0) is 25.8 Å². The second-order valence-electron chi connectivity index (χ2n) is 5.49. The zero-order chi connectivity index (χ0) is 17.7. The number of hydrogen-bond acceptors (Lipinski definition) is 6. The molecule has 24 heavy (non-hydrogen) atoms. The number of non-ortho nitro benzene ring substituents is 1. The number of rotatable bonds is 5. The van der Waals surface area contributed by atoms with Crippen LogP contribution in [0.5, 0.6) is 0 Å². The summed E-state index contributed by atoms with van der Waals surface area (Å²) in [6.07, 6.45) is 1.64. The highest BCUT2D eigenvalue weighted by Crippen LogP contribution is 2.21. The van der Waals surface area contributed by atoms with Crippen molar-refractivity contribution in [3.8, 4) is 0 Å². The van der Waals surface area contributed by atoms with Gasteiger partial charge in [0.25, 0.3) is 11.6 Å². The number of likely N-dealkylation sites (tertiary alicyclic amines) is 1. The molecule has 1 fully saturated rings. The first-order valence-corrected chi connectivity index (χ1v) is 7.75. The number of carbonyl (C=O) groups excluding carboxylic acids is 2. The lowest BCUT2D eigenvalue weighted by atomic mass is 10.0. The Hall–Kier alpha value is -2.48. The van der Waals surface area contributed by atoms with Gasteiger partial charge in [-0.15, -0.1) is 0 Å². The van der Waals surface area contributed by atoms with Gasteiger partial charge < -0.3 is 14.4 Å². The summed E-state index contributed by atoms with van der Waals surface area (Å²) >= 11 is 0. The normalized spacial score (nSPS) is 17.4. The van der Waals surface area contributed by atoms with Crippen LogP contribution in [0.1, 0.15) is 40.5 Å². The van der Waals surface area contributed by atoms with Crippen LogP contribution in [0.2, 0.25) is 0 Å². The van der Waals surface area contributed by atoms with Crippen molar-refractivity contribution in [1.29, 1.82) is 0 Å². The van der Waals surface area contributed by atoms with E-state index in [0.29, 0.717) is 19.7 Å². The molecule has 1 atom stereocenters. The maximum atomic E-state index is 12.7. The van der Waals surface area contributed by atoms with Crippen LogP contribution in [-0.4, -0.2) is 54.6 Å². The minimum atomic E-state index is -0.724. The highest BCUT2D eigenvalue weighted by molar-refractivity contribution is 5.99. The SMILES string of the molecule is CCOC1CCCN(C(=O)c2cc(C(=O)OC)cc([N+](=O)[O-])c2)C1. The molecule has 1 heterocycles. The molecule has 0 saturated carbocycles. The van der Waals surface area contributed by atoms with Crippen LogP contribution < -0.4 is 0 Å². The van der Waals surface area contributed by atoms with Gasteiger partial charge in [0, 0.05) is 37.4 Å². The van der Waals surface area contributed by atoms with Crippen molar-refractivity contribution in [2.45, 2.75) is 25.9 Å². The van der Waals surface area contributed by atoms with Gasteiger partial charge in [0.05, 0.1) is 23.7 Å². The van der Waals surface area contributed by atoms with Crippen LogP contribution in [-0.2, 0) is 9.47 Å². The molecule has 8 nitrogen and oxygen atoms in total. The number of nitro groups is 1. The van der Waals surface area contributed by atoms with E-state index >= 15 is 0 Å². The van der Waals surface area contributed by atoms with Crippen molar-refractivity contribution in [1.82, 2.24) is 4.90 Å². The number of nitrogens with zero attached hydrogens (tertiary/aromatic N) is 2. The van der Waals surface area contributed by atoms with Crippen LogP contribution in [0.3, 0.4) is 0 Å². The minimum absolute atomic E-state index is 0.0200. The molecule has 1 aromatic carbocycles. The first kappa shape index (κ1) is 17.9. The molecule has 1 aromatic rings. The number of ether oxygens (including phenoxy) is 2. The average molecular weight is 336 g/mol. The molecular formula is C16H20N2O6. The van der Waals surface area contributed by atoms with Crippen LogP contribution in [0.15, 0.2) is 18.2 Å². The maximum absolute atomic E-state index is 12.7. The second kappa shape index (κ2) is 7.87. The van der Waals surface area contributed by atoms with E-state index in [0.717, 1.165) is 18.9 Å². The van der Waals surface area contributed by atoms with Crippen molar-refractivity contribution >= 4 is 17.6 Å². The second-order valence-corrected chi connectivity index (χ2v) is 5.49. The molecule has 1 aliphatic heterocycles. The van der Waals surface area contributed by atoms with Crippen molar-refractivity contribution in [2.75, 3.05) is 26.8 Å². The van der Waals surface area contributed by atoms with Crippen LogP contribution in [0.4, 0.5) is 5.69 Å². The number of piperidine rings is 1. The summed E-state index contributed by atoms with van der Waals surface area (Å²) in [4.78, 5) is 36.4. The first-order chi connectivity index (χ1) is 11.5. The molecule has 1 unspecified atom stereocenters. The molecule has 130 valence electrons. The molecule has 1 amide bonds. The lowest BCUT2D eigenvalue weighted by Gasteiger charge is -2.32. The number of amides is 1. The molecule has 1 saturated heterocycles. The van der Waals surface area contributed by atoms with Crippen LogP contribution in [0, 0.1) is 10.1 Å². The Bertz CT molecular complexity index is 643. The van der Waals surface area contributed by atoms with Gasteiger partial charge in [-0.25, -0.2) is 4.79 Å².